The first-order valence-electron chi connectivity index (χ1n) is 5.99. The van der Waals surface area contributed by atoms with Crippen molar-refractivity contribution in [3.63, 3.8) is 0 Å². The van der Waals surface area contributed by atoms with Gasteiger partial charge in [0.1, 0.15) is 11.5 Å². The summed E-state index contributed by atoms with van der Waals surface area (Å²) in [6, 6.07) is 6.12. The highest BCUT2D eigenvalue weighted by atomic mass is 16.5. The second kappa shape index (κ2) is 7.15. The molecule has 2 nitrogen and oxygen atoms in total. The van der Waals surface area contributed by atoms with Gasteiger partial charge in [-0.1, -0.05) is 13.3 Å². The molecule has 1 aromatic rings. The second-order valence-electron chi connectivity index (χ2n) is 3.64. The molecule has 0 aliphatic heterocycles. The summed E-state index contributed by atoms with van der Waals surface area (Å²) in [4.78, 5) is 0. The highest BCUT2D eigenvalue weighted by Gasteiger charge is 2.02. The summed E-state index contributed by atoms with van der Waals surface area (Å²) in [5.41, 5.74) is 1.26. The van der Waals surface area contributed by atoms with Crippen molar-refractivity contribution in [1.29, 1.82) is 0 Å². The van der Waals surface area contributed by atoms with Crippen LogP contribution in [0.15, 0.2) is 18.2 Å². The first-order chi connectivity index (χ1) is 7.80. The van der Waals surface area contributed by atoms with Gasteiger partial charge in [0.25, 0.3) is 0 Å². The van der Waals surface area contributed by atoms with Gasteiger partial charge >= 0.3 is 0 Å². The number of hydrogen-bond acceptors (Lipinski definition) is 2. The van der Waals surface area contributed by atoms with E-state index in [1.165, 1.54) is 5.56 Å². The van der Waals surface area contributed by atoms with Crippen LogP contribution in [-0.4, -0.2) is 13.2 Å². The van der Waals surface area contributed by atoms with Gasteiger partial charge in [-0.25, -0.2) is 0 Å². The Morgan fingerprint density at radius 1 is 1.00 bits per heavy atom. The SMILES string of the molecule is [CH2]CCCc1cc(OCC)cc(OCC)c1. The molecule has 1 radical (unpaired) electrons. The zero-order valence-corrected chi connectivity index (χ0v) is 10.3. The predicted octanol–water partition coefficient (Wildman–Crippen LogP) is 3.64. The molecule has 0 aliphatic carbocycles. The average molecular weight is 221 g/mol. The Morgan fingerprint density at radius 3 is 2.00 bits per heavy atom. The van der Waals surface area contributed by atoms with Gasteiger partial charge in [0.15, 0.2) is 0 Å². The van der Waals surface area contributed by atoms with Gasteiger partial charge in [-0.3, -0.25) is 0 Å². The maximum atomic E-state index is 5.52. The lowest BCUT2D eigenvalue weighted by Crippen LogP contribution is -1.97. The quantitative estimate of drug-likeness (QED) is 0.700. The van der Waals surface area contributed by atoms with Gasteiger partial charge in [0, 0.05) is 6.07 Å². The van der Waals surface area contributed by atoms with E-state index in [2.05, 4.69) is 19.1 Å². The molecule has 0 saturated carbocycles. The first-order valence-corrected chi connectivity index (χ1v) is 5.99. The van der Waals surface area contributed by atoms with Crippen molar-refractivity contribution in [2.75, 3.05) is 13.2 Å². The molecule has 0 aromatic heterocycles. The molecule has 1 aromatic carbocycles. The highest BCUT2D eigenvalue weighted by Crippen LogP contribution is 2.24. The molecule has 0 unspecified atom stereocenters. The summed E-state index contributed by atoms with van der Waals surface area (Å²) in [6.45, 7) is 9.20. The van der Waals surface area contributed by atoms with Crippen LogP contribution >= 0.6 is 0 Å². The van der Waals surface area contributed by atoms with E-state index in [1.807, 2.05) is 19.9 Å². The molecule has 16 heavy (non-hydrogen) atoms. The third-order valence-electron chi connectivity index (χ3n) is 2.28. The molecule has 0 N–H and O–H groups in total. The number of rotatable bonds is 7. The number of benzene rings is 1. The third-order valence-corrected chi connectivity index (χ3v) is 2.28. The van der Waals surface area contributed by atoms with Gasteiger partial charge in [0.2, 0.25) is 0 Å². The molecule has 0 bridgehead atoms. The van der Waals surface area contributed by atoms with E-state index in [0.29, 0.717) is 13.2 Å². The van der Waals surface area contributed by atoms with Crippen LogP contribution in [0.1, 0.15) is 32.3 Å². The van der Waals surface area contributed by atoms with Gasteiger partial charge in [-0.15, -0.1) is 0 Å². The molecular weight excluding hydrogens is 200 g/mol. The molecule has 0 saturated heterocycles. The normalized spacial score (nSPS) is 10.2. The van der Waals surface area contributed by atoms with E-state index < -0.39 is 0 Å². The molecule has 0 aliphatic rings. The van der Waals surface area contributed by atoms with Crippen LogP contribution < -0.4 is 9.47 Å². The summed E-state index contributed by atoms with van der Waals surface area (Å²) in [5.74, 6) is 1.79. The molecule has 0 fully saturated rings. The minimum atomic E-state index is 0.685. The Kier molecular flexibility index (Phi) is 5.76. The second-order valence-corrected chi connectivity index (χ2v) is 3.64. The van der Waals surface area contributed by atoms with E-state index in [9.17, 15) is 0 Å². The van der Waals surface area contributed by atoms with E-state index in [1.54, 1.807) is 0 Å². The number of unbranched alkanes of at least 4 members (excludes halogenated alkanes) is 1. The van der Waals surface area contributed by atoms with Gasteiger partial charge in [0.05, 0.1) is 13.2 Å². The zero-order chi connectivity index (χ0) is 11.8. The lowest BCUT2D eigenvalue weighted by Gasteiger charge is -2.10. The molecule has 0 amide bonds. The smallest absolute Gasteiger partial charge is 0.123 e. The maximum absolute atomic E-state index is 5.52. The largest absolute Gasteiger partial charge is 0.494 e. The fraction of sp³-hybridized carbons (Fsp3) is 0.500. The highest BCUT2D eigenvalue weighted by molar-refractivity contribution is 5.38. The molecule has 0 atom stereocenters. The monoisotopic (exact) mass is 221 g/mol. The lowest BCUT2D eigenvalue weighted by molar-refractivity contribution is 0.322. The standard InChI is InChI=1S/C14H21O2/c1-4-7-8-12-9-13(15-5-2)11-14(10-12)16-6-3/h9-11H,1,4-8H2,2-3H3. The Morgan fingerprint density at radius 2 is 1.56 bits per heavy atom. The van der Waals surface area contributed by atoms with Crippen LogP contribution in [0.2, 0.25) is 0 Å². The van der Waals surface area contributed by atoms with Crippen molar-refractivity contribution in [2.45, 2.75) is 33.1 Å². The summed E-state index contributed by atoms with van der Waals surface area (Å²) >= 11 is 0. The third kappa shape index (κ3) is 4.13. The summed E-state index contributed by atoms with van der Waals surface area (Å²) in [6.07, 6.45) is 3.09. The van der Waals surface area contributed by atoms with E-state index >= 15 is 0 Å². The van der Waals surface area contributed by atoms with Crippen molar-refractivity contribution in [3.8, 4) is 11.5 Å². The first kappa shape index (κ1) is 12.9. The minimum absolute atomic E-state index is 0.685. The van der Waals surface area contributed by atoms with Crippen molar-refractivity contribution in [1.82, 2.24) is 0 Å². The predicted molar refractivity (Wildman–Crippen MR) is 67.1 cm³/mol. The Hall–Kier alpha value is -1.18. The van der Waals surface area contributed by atoms with Gasteiger partial charge < -0.3 is 9.47 Å². The van der Waals surface area contributed by atoms with E-state index in [4.69, 9.17) is 9.47 Å². The van der Waals surface area contributed by atoms with Crippen LogP contribution in [0.4, 0.5) is 0 Å². The van der Waals surface area contributed by atoms with Gasteiger partial charge in [-0.2, -0.15) is 0 Å². The lowest BCUT2D eigenvalue weighted by atomic mass is 10.1. The molecule has 89 valence electrons. The Labute approximate surface area is 98.6 Å². The molecule has 2 heteroatoms. The van der Waals surface area contributed by atoms with Crippen molar-refractivity contribution >= 4 is 0 Å². The fourth-order valence-electron chi connectivity index (χ4n) is 1.60. The maximum Gasteiger partial charge on any atom is 0.123 e. The summed E-state index contributed by atoms with van der Waals surface area (Å²) < 4.78 is 11.0. The fourth-order valence-corrected chi connectivity index (χ4v) is 1.60. The Bertz CT molecular complexity index is 283. The Balaban J connectivity index is 2.80. The molecule has 0 heterocycles. The number of hydrogen-bond donors (Lipinski definition) is 0. The van der Waals surface area contributed by atoms with Crippen LogP contribution in [0.5, 0.6) is 11.5 Å². The number of aryl methyl sites for hydroxylation is 1. The van der Waals surface area contributed by atoms with Crippen LogP contribution in [0, 0.1) is 6.92 Å². The van der Waals surface area contributed by atoms with Crippen LogP contribution in [0.25, 0.3) is 0 Å². The van der Waals surface area contributed by atoms with Crippen LogP contribution in [-0.2, 0) is 6.42 Å². The van der Waals surface area contributed by atoms with Crippen molar-refractivity contribution in [2.24, 2.45) is 0 Å². The van der Waals surface area contributed by atoms with Crippen molar-refractivity contribution < 1.29 is 9.47 Å². The van der Waals surface area contributed by atoms with Crippen molar-refractivity contribution in [3.05, 3.63) is 30.7 Å². The van der Waals surface area contributed by atoms with E-state index in [-0.39, 0.29) is 0 Å². The van der Waals surface area contributed by atoms with Gasteiger partial charge in [-0.05, 0) is 44.4 Å². The zero-order valence-electron chi connectivity index (χ0n) is 10.3. The minimum Gasteiger partial charge on any atom is -0.494 e. The van der Waals surface area contributed by atoms with E-state index in [0.717, 1.165) is 30.8 Å². The number of ether oxygens (including phenoxy) is 2. The summed E-state index contributed by atoms with van der Waals surface area (Å²) in [7, 11) is 0. The molecular formula is C14H21O2. The van der Waals surface area contributed by atoms with Crippen LogP contribution in [0.3, 0.4) is 0 Å². The summed E-state index contributed by atoms with van der Waals surface area (Å²) in [5, 5.41) is 0. The molecule has 1 rings (SSSR count). The molecule has 0 spiro atoms. The average Bonchev–Trinajstić information content (AvgIpc) is 2.27. The topological polar surface area (TPSA) is 18.5 Å².